The second-order valence-electron chi connectivity index (χ2n) is 15.1. The topological polar surface area (TPSA) is 116 Å². The molecule has 2 unspecified atom stereocenters. The number of Topliss-reactive ketones (excluding diaryl/α,β-unsaturated/α-hetero) is 2. The van der Waals surface area contributed by atoms with Crippen molar-refractivity contribution in [2.75, 3.05) is 13.1 Å². The van der Waals surface area contributed by atoms with Crippen LogP contribution in [0.4, 0.5) is 0 Å². The van der Waals surface area contributed by atoms with Crippen LogP contribution in [0.25, 0.3) is 16.7 Å². The number of aromatic nitrogens is 6. The average molecular weight is 752 g/mol. The number of fused-ring (bicyclic) bond motifs is 1. The molecule has 54 heavy (non-hydrogen) atoms. The molecule has 0 spiro atoms. The number of benzene rings is 2. The van der Waals surface area contributed by atoms with Crippen molar-refractivity contribution >= 4 is 34.2 Å². The van der Waals surface area contributed by atoms with Crippen molar-refractivity contribution in [1.29, 1.82) is 0 Å². The molecule has 286 valence electrons. The highest BCUT2D eigenvalue weighted by Crippen LogP contribution is 2.32. The van der Waals surface area contributed by atoms with Crippen molar-refractivity contribution in [3.63, 3.8) is 0 Å². The number of aryl methyl sites for hydroxylation is 1. The maximum absolute atomic E-state index is 13.8. The number of hydrogen-bond donors (Lipinski definition) is 0. The molecule has 5 aromatic rings. The minimum absolute atomic E-state index is 0.0297. The van der Waals surface area contributed by atoms with Gasteiger partial charge in [-0.2, -0.15) is 15.0 Å². The molecule has 7 rings (SSSR count). The first-order valence-corrected chi connectivity index (χ1v) is 19.6. The van der Waals surface area contributed by atoms with Gasteiger partial charge in [0.15, 0.2) is 11.4 Å². The van der Waals surface area contributed by atoms with E-state index in [0.29, 0.717) is 57.9 Å². The number of likely N-dealkylation sites (tertiary alicyclic amines) is 1. The largest absolute Gasteiger partial charge is 0.300 e. The molecule has 10 nitrogen and oxygen atoms in total. The highest BCUT2D eigenvalue weighted by molar-refractivity contribution is 6.30. The molecular formula is C43H54ClN7O3. The summed E-state index contributed by atoms with van der Waals surface area (Å²) >= 11 is 5.66. The summed E-state index contributed by atoms with van der Waals surface area (Å²) in [6.07, 6.45) is 12.0. The summed E-state index contributed by atoms with van der Waals surface area (Å²) in [4.78, 5) is 50.4. The number of halogens is 1. The van der Waals surface area contributed by atoms with Crippen LogP contribution in [-0.2, 0) is 24.3 Å². The van der Waals surface area contributed by atoms with Gasteiger partial charge in [-0.1, -0.05) is 89.2 Å². The summed E-state index contributed by atoms with van der Waals surface area (Å²) in [5.74, 6) is 4.02. The predicted molar refractivity (Wildman–Crippen MR) is 215 cm³/mol. The van der Waals surface area contributed by atoms with Gasteiger partial charge < -0.3 is 0 Å². The van der Waals surface area contributed by atoms with E-state index in [1.165, 1.54) is 24.1 Å². The Balaban J connectivity index is 0.000000254. The normalized spacial score (nSPS) is 16.3. The molecule has 2 aliphatic rings. The Morgan fingerprint density at radius 1 is 0.944 bits per heavy atom. The number of nitrogens with zero attached hydrogens (tertiary/aromatic N) is 7. The van der Waals surface area contributed by atoms with Gasteiger partial charge in [-0.05, 0) is 91.9 Å². The first kappa shape index (κ1) is 40.6. The Morgan fingerprint density at radius 3 is 2.28 bits per heavy atom. The lowest BCUT2D eigenvalue weighted by Gasteiger charge is -2.28. The van der Waals surface area contributed by atoms with Crippen LogP contribution in [0.15, 0.2) is 78.0 Å². The predicted octanol–water partition coefficient (Wildman–Crippen LogP) is 8.35. The van der Waals surface area contributed by atoms with Crippen molar-refractivity contribution in [1.82, 2.24) is 34.4 Å². The van der Waals surface area contributed by atoms with Gasteiger partial charge in [0.1, 0.15) is 18.2 Å². The van der Waals surface area contributed by atoms with Crippen LogP contribution in [0, 0.1) is 30.6 Å². The van der Waals surface area contributed by atoms with Crippen LogP contribution < -0.4 is 5.56 Å². The Bertz CT molecular complexity index is 2060. The lowest BCUT2D eigenvalue weighted by Crippen LogP contribution is -2.30. The molecule has 1 aliphatic heterocycles. The SMILES string of the molecule is CC(=O)Cc1ccc(Cl)cc1.CC(C)C1CCC1.CCC(C)C1CCN(Cc2nc3ncccc3c(=O)n2-c2cc(C(=O)Cn3nccn3)ccc2C)C1. The monoisotopic (exact) mass is 751 g/mol. The van der Waals surface area contributed by atoms with E-state index < -0.39 is 0 Å². The van der Waals surface area contributed by atoms with E-state index in [1.807, 2.05) is 25.1 Å². The van der Waals surface area contributed by atoms with Crippen molar-refractivity contribution in [2.24, 2.45) is 23.7 Å². The fraction of sp³-hybridized carbons (Fsp3) is 0.465. The van der Waals surface area contributed by atoms with Gasteiger partial charge in [0, 0.05) is 29.7 Å². The van der Waals surface area contributed by atoms with Crippen LogP contribution in [0.5, 0.6) is 0 Å². The standard InChI is InChI=1S/C27H31N7O2.C9H9ClO.C7H14/c1-4-18(2)21-9-13-32(15-21)17-25-31-26-22(6-5-10-28-26)27(36)34(25)23-14-20(8-7-19(23)3)24(35)16-33-29-11-12-30-33;1-7(11)6-8-2-4-9(10)5-3-8;1-6(2)7-4-3-5-7/h5-8,10-12,14,18,21H,4,9,13,15-17H2,1-3H3;2-5H,6H2,1H3;6-7H,3-5H2,1-2H3. The van der Waals surface area contributed by atoms with Crippen molar-refractivity contribution in [2.45, 2.75) is 93.2 Å². The molecule has 1 saturated carbocycles. The number of pyridine rings is 1. The highest BCUT2D eigenvalue weighted by Gasteiger charge is 2.28. The zero-order valence-corrected chi connectivity index (χ0v) is 33.3. The third-order valence-electron chi connectivity index (χ3n) is 10.8. The third-order valence-corrected chi connectivity index (χ3v) is 11.1. The van der Waals surface area contributed by atoms with Gasteiger partial charge >= 0.3 is 0 Å². The van der Waals surface area contributed by atoms with Crippen molar-refractivity contribution in [3.8, 4) is 5.69 Å². The van der Waals surface area contributed by atoms with Crippen LogP contribution in [0.1, 0.15) is 94.0 Å². The molecule has 3 aromatic heterocycles. The zero-order valence-electron chi connectivity index (χ0n) is 32.5. The lowest BCUT2D eigenvalue weighted by molar-refractivity contribution is -0.116. The minimum Gasteiger partial charge on any atom is -0.300 e. The number of rotatable bonds is 11. The maximum Gasteiger partial charge on any atom is 0.267 e. The van der Waals surface area contributed by atoms with E-state index in [9.17, 15) is 14.4 Å². The summed E-state index contributed by atoms with van der Waals surface area (Å²) in [7, 11) is 0. The van der Waals surface area contributed by atoms with Gasteiger partial charge in [0.2, 0.25) is 0 Å². The van der Waals surface area contributed by atoms with E-state index >= 15 is 0 Å². The van der Waals surface area contributed by atoms with Gasteiger partial charge in [-0.3, -0.25) is 23.9 Å². The molecule has 0 amide bonds. The van der Waals surface area contributed by atoms with E-state index in [2.05, 4.69) is 47.8 Å². The lowest BCUT2D eigenvalue weighted by atomic mass is 9.78. The van der Waals surface area contributed by atoms with E-state index in [0.717, 1.165) is 48.9 Å². The molecule has 0 radical (unpaired) electrons. The molecule has 0 bridgehead atoms. The molecular weight excluding hydrogens is 698 g/mol. The Labute approximate surface area is 324 Å². The zero-order chi connectivity index (χ0) is 38.8. The second-order valence-corrected chi connectivity index (χ2v) is 15.6. The minimum atomic E-state index is -0.179. The van der Waals surface area contributed by atoms with Gasteiger partial charge in [-0.15, -0.1) is 0 Å². The van der Waals surface area contributed by atoms with E-state index in [1.54, 1.807) is 66.5 Å². The van der Waals surface area contributed by atoms with Crippen LogP contribution in [0.3, 0.4) is 0 Å². The quantitative estimate of drug-likeness (QED) is 0.124. The summed E-state index contributed by atoms with van der Waals surface area (Å²) in [6, 6.07) is 16.2. The number of carbonyl (C=O) groups excluding carboxylic acids is 2. The Morgan fingerprint density at radius 2 is 1.67 bits per heavy atom. The van der Waals surface area contributed by atoms with Crippen molar-refractivity contribution < 1.29 is 9.59 Å². The van der Waals surface area contributed by atoms with Gasteiger partial charge in [0.25, 0.3) is 5.56 Å². The summed E-state index contributed by atoms with van der Waals surface area (Å²) < 4.78 is 1.67. The molecule has 2 fully saturated rings. The summed E-state index contributed by atoms with van der Waals surface area (Å²) in [5, 5.41) is 9.22. The van der Waals surface area contributed by atoms with E-state index in [4.69, 9.17) is 16.6 Å². The fourth-order valence-corrected chi connectivity index (χ4v) is 7.11. The first-order chi connectivity index (χ1) is 25.9. The number of hydrogen-bond acceptors (Lipinski definition) is 8. The van der Waals surface area contributed by atoms with Crippen LogP contribution >= 0.6 is 11.6 Å². The molecule has 11 heteroatoms. The smallest absolute Gasteiger partial charge is 0.267 e. The molecule has 4 heterocycles. The third kappa shape index (κ3) is 10.8. The molecule has 1 aliphatic carbocycles. The Hall–Kier alpha value is -4.54. The molecule has 0 N–H and O–H groups in total. The fourth-order valence-electron chi connectivity index (χ4n) is 6.99. The maximum atomic E-state index is 13.8. The van der Waals surface area contributed by atoms with Gasteiger partial charge in [0.05, 0.1) is 30.0 Å². The van der Waals surface area contributed by atoms with Crippen LogP contribution in [-0.4, -0.2) is 59.1 Å². The number of ketones is 2. The highest BCUT2D eigenvalue weighted by atomic mass is 35.5. The Kier molecular flexibility index (Phi) is 14.4. The average Bonchev–Trinajstić information content (AvgIpc) is 3.82. The summed E-state index contributed by atoms with van der Waals surface area (Å²) in [5.41, 5.74) is 3.32. The van der Waals surface area contributed by atoms with Crippen molar-refractivity contribution in [3.05, 3.63) is 111 Å². The second kappa shape index (κ2) is 19.2. The first-order valence-electron chi connectivity index (χ1n) is 19.2. The van der Waals surface area contributed by atoms with Crippen LogP contribution in [0.2, 0.25) is 5.02 Å². The number of carbonyl (C=O) groups is 2. The van der Waals surface area contributed by atoms with Gasteiger partial charge in [-0.25, -0.2) is 9.97 Å². The molecule has 2 atom stereocenters. The van der Waals surface area contributed by atoms with E-state index in [-0.39, 0.29) is 23.7 Å². The summed E-state index contributed by atoms with van der Waals surface area (Å²) in [6.45, 7) is 15.2. The molecule has 1 saturated heterocycles. The molecule has 2 aromatic carbocycles.